The van der Waals surface area contributed by atoms with Gasteiger partial charge in [-0.05, 0) is 6.42 Å². The van der Waals surface area contributed by atoms with Gasteiger partial charge in [0.05, 0.1) is 25.4 Å². The van der Waals surface area contributed by atoms with Crippen LogP contribution in [0.15, 0.2) is 0 Å². The Labute approximate surface area is 66.1 Å². The van der Waals surface area contributed by atoms with Crippen LogP contribution >= 0.6 is 0 Å². The molecule has 0 bridgehead atoms. The van der Waals surface area contributed by atoms with Gasteiger partial charge in [-0.15, -0.1) is 0 Å². The standard InChI is InChI=1S/C7H16O4/c1-2-5(6(10)3-8)7(11)4-9/h5-11H,2-4H2,1H3. The molecular weight excluding hydrogens is 148 g/mol. The van der Waals surface area contributed by atoms with E-state index in [2.05, 4.69) is 0 Å². The number of aliphatic hydroxyl groups is 4. The molecule has 0 rings (SSSR count). The van der Waals surface area contributed by atoms with E-state index in [1.54, 1.807) is 6.92 Å². The average Bonchev–Trinajstić information content (AvgIpc) is 2.05. The molecule has 0 amide bonds. The van der Waals surface area contributed by atoms with E-state index in [9.17, 15) is 0 Å². The minimum atomic E-state index is -0.942. The predicted molar refractivity (Wildman–Crippen MR) is 40.0 cm³/mol. The summed E-state index contributed by atoms with van der Waals surface area (Å²) in [5.74, 6) is -0.440. The van der Waals surface area contributed by atoms with Crippen molar-refractivity contribution in [3.8, 4) is 0 Å². The highest BCUT2D eigenvalue weighted by atomic mass is 16.3. The first-order valence-corrected chi connectivity index (χ1v) is 3.75. The molecule has 2 unspecified atom stereocenters. The molecule has 0 radical (unpaired) electrons. The fourth-order valence-electron chi connectivity index (χ4n) is 1.07. The van der Waals surface area contributed by atoms with Crippen LogP contribution in [0.3, 0.4) is 0 Å². The van der Waals surface area contributed by atoms with Crippen LogP contribution in [0, 0.1) is 5.92 Å². The lowest BCUT2D eigenvalue weighted by molar-refractivity contribution is -0.0376. The summed E-state index contributed by atoms with van der Waals surface area (Å²) in [6, 6.07) is 0. The zero-order chi connectivity index (χ0) is 8.85. The van der Waals surface area contributed by atoms with Crippen molar-refractivity contribution in [1.82, 2.24) is 0 Å². The zero-order valence-corrected chi connectivity index (χ0v) is 6.64. The Morgan fingerprint density at radius 2 is 1.36 bits per heavy atom. The second-order valence-electron chi connectivity index (χ2n) is 2.57. The summed E-state index contributed by atoms with van der Waals surface area (Å²) in [5, 5.41) is 35.3. The minimum Gasteiger partial charge on any atom is -0.394 e. The summed E-state index contributed by atoms with van der Waals surface area (Å²) in [4.78, 5) is 0. The van der Waals surface area contributed by atoms with Gasteiger partial charge < -0.3 is 20.4 Å². The lowest BCUT2D eigenvalue weighted by atomic mass is 9.94. The monoisotopic (exact) mass is 164 g/mol. The molecule has 4 nitrogen and oxygen atoms in total. The molecule has 0 aromatic heterocycles. The van der Waals surface area contributed by atoms with Crippen LogP contribution in [0.2, 0.25) is 0 Å². The minimum absolute atomic E-state index is 0.379. The lowest BCUT2D eigenvalue weighted by Gasteiger charge is -2.23. The van der Waals surface area contributed by atoms with Gasteiger partial charge in [0, 0.05) is 5.92 Å². The van der Waals surface area contributed by atoms with E-state index >= 15 is 0 Å². The maximum Gasteiger partial charge on any atom is 0.0824 e. The van der Waals surface area contributed by atoms with Crippen molar-refractivity contribution in [2.24, 2.45) is 5.92 Å². The van der Waals surface area contributed by atoms with Crippen LogP contribution in [0.25, 0.3) is 0 Å². The van der Waals surface area contributed by atoms with Crippen LogP contribution in [0.5, 0.6) is 0 Å². The molecule has 0 aliphatic rings. The van der Waals surface area contributed by atoms with E-state index in [-0.39, 0.29) is 13.2 Å². The Bertz CT molecular complexity index is 86.4. The van der Waals surface area contributed by atoms with Crippen molar-refractivity contribution in [3.05, 3.63) is 0 Å². The Morgan fingerprint density at radius 3 is 1.55 bits per heavy atom. The molecule has 11 heavy (non-hydrogen) atoms. The van der Waals surface area contributed by atoms with Gasteiger partial charge >= 0.3 is 0 Å². The van der Waals surface area contributed by atoms with Crippen molar-refractivity contribution < 1.29 is 20.4 Å². The molecular formula is C7H16O4. The molecule has 0 spiro atoms. The number of hydrogen-bond acceptors (Lipinski definition) is 4. The first-order chi connectivity index (χ1) is 5.17. The van der Waals surface area contributed by atoms with Crippen LogP contribution in [0.1, 0.15) is 13.3 Å². The van der Waals surface area contributed by atoms with Gasteiger partial charge in [-0.25, -0.2) is 0 Å². The first kappa shape index (κ1) is 10.8. The van der Waals surface area contributed by atoms with Gasteiger partial charge in [-0.1, -0.05) is 6.92 Å². The fraction of sp³-hybridized carbons (Fsp3) is 1.00. The van der Waals surface area contributed by atoms with E-state index in [0.717, 1.165) is 0 Å². The van der Waals surface area contributed by atoms with Crippen molar-refractivity contribution in [1.29, 1.82) is 0 Å². The summed E-state index contributed by atoms with van der Waals surface area (Å²) in [5.41, 5.74) is 0. The first-order valence-electron chi connectivity index (χ1n) is 3.75. The highest BCUT2D eigenvalue weighted by molar-refractivity contribution is 4.73. The smallest absolute Gasteiger partial charge is 0.0824 e. The Morgan fingerprint density at radius 1 is 1.00 bits per heavy atom. The van der Waals surface area contributed by atoms with Crippen LogP contribution in [0.4, 0.5) is 0 Å². The van der Waals surface area contributed by atoms with E-state index in [4.69, 9.17) is 20.4 Å². The third-order valence-corrected chi connectivity index (χ3v) is 1.83. The van der Waals surface area contributed by atoms with Crippen LogP contribution < -0.4 is 0 Å². The number of aliphatic hydroxyl groups excluding tert-OH is 4. The molecule has 0 aliphatic heterocycles. The third-order valence-electron chi connectivity index (χ3n) is 1.83. The summed E-state index contributed by atoms with van der Waals surface area (Å²) >= 11 is 0. The van der Waals surface area contributed by atoms with Crippen molar-refractivity contribution in [3.63, 3.8) is 0 Å². The maximum atomic E-state index is 9.10. The van der Waals surface area contributed by atoms with Crippen LogP contribution in [-0.2, 0) is 0 Å². The highest BCUT2D eigenvalue weighted by Gasteiger charge is 2.23. The normalized spacial score (nSPS) is 19.4. The summed E-state index contributed by atoms with van der Waals surface area (Å²) in [6.45, 7) is 1.02. The fourth-order valence-corrected chi connectivity index (χ4v) is 1.07. The van der Waals surface area contributed by atoms with Gasteiger partial charge in [-0.3, -0.25) is 0 Å². The zero-order valence-electron chi connectivity index (χ0n) is 6.64. The van der Waals surface area contributed by atoms with E-state index in [0.29, 0.717) is 6.42 Å². The second kappa shape index (κ2) is 5.49. The van der Waals surface area contributed by atoms with Crippen molar-refractivity contribution >= 4 is 0 Å². The van der Waals surface area contributed by atoms with Crippen LogP contribution in [-0.4, -0.2) is 45.8 Å². The molecule has 0 heterocycles. The van der Waals surface area contributed by atoms with E-state index in [1.807, 2.05) is 0 Å². The molecule has 0 aliphatic carbocycles. The number of hydrogen-bond donors (Lipinski definition) is 4. The lowest BCUT2D eigenvalue weighted by Crippen LogP contribution is -2.35. The number of rotatable bonds is 5. The van der Waals surface area contributed by atoms with Gasteiger partial charge in [0.15, 0.2) is 0 Å². The summed E-state index contributed by atoms with van der Waals surface area (Å²) in [7, 11) is 0. The van der Waals surface area contributed by atoms with Gasteiger partial charge in [0.2, 0.25) is 0 Å². The molecule has 0 aromatic carbocycles. The molecule has 0 aromatic rings. The SMILES string of the molecule is CCC(C(O)CO)C(O)CO. The molecule has 0 saturated heterocycles. The molecule has 68 valence electrons. The topological polar surface area (TPSA) is 80.9 Å². The molecule has 4 heteroatoms. The van der Waals surface area contributed by atoms with Crippen molar-refractivity contribution in [2.75, 3.05) is 13.2 Å². The molecule has 2 atom stereocenters. The largest absolute Gasteiger partial charge is 0.394 e. The Balaban J connectivity index is 3.92. The van der Waals surface area contributed by atoms with Gasteiger partial charge in [0.25, 0.3) is 0 Å². The van der Waals surface area contributed by atoms with Gasteiger partial charge in [-0.2, -0.15) is 0 Å². The quantitative estimate of drug-likeness (QED) is 0.408. The third kappa shape index (κ3) is 3.16. The predicted octanol–water partition coefficient (Wildman–Crippen LogP) is -1.28. The maximum absolute atomic E-state index is 9.10. The van der Waals surface area contributed by atoms with E-state index < -0.39 is 18.1 Å². The second-order valence-corrected chi connectivity index (χ2v) is 2.57. The summed E-state index contributed by atoms with van der Waals surface area (Å²) < 4.78 is 0. The summed E-state index contributed by atoms with van der Waals surface area (Å²) in [6.07, 6.45) is -1.35. The van der Waals surface area contributed by atoms with Crippen molar-refractivity contribution in [2.45, 2.75) is 25.6 Å². The Hall–Kier alpha value is -0.160. The van der Waals surface area contributed by atoms with Gasteiger partial charge in [0.1, 0.15) is 0 Å². The Kier molecular flexibility index (Phi) is 5.41. The average molecular weight is 164 g/mol. The van der Waals surface area contributed by atoms with E-state index in [1.165, 1.54) is 0 Å². The highest BCUT2D eigenvalue weighted by Crippen LogP contribution is 2.13. The molecule has 0 saturated carbocycles. The molecule has 0 fully saturated rings. The molecule has 4 N–H and O–H groups in total.